The highest BCUT2D eigenvalue weighted by Gasteiger charge is 2.54. The smallest absolute Gasteiger partial charge is 0.333 e. The van der Waals surface area contributed by atoms with Crippen molar-refractivity contribution in [3.05, 3.63) is 234 Å². The lowest BCUT2D eigenvalue weighted by molar-refractivity contribution is 0.332. The average molecular weight is 861 g/mol. The first-order valence-electron chi connectivity index (χ1n) is 24.0. The first-order chi connectivity index (χ1) is 32.7. The van der Waals surface area contributed by atoms with Crippen molar-refractivity contribution in [1.82, 2.24) is 0 Å². The second-order valence-corrected chi connectivity index (χ2v) is 20.6. The van der Waals surface area contributed by atoms with Gasteiger partial charge in [-0.3, -0.25) is 0 Å². The summed E-state index contributed by atoms with van der Waals surface area (Å²) in [5.74, 6) is 0. The van der Waals surface area contributed by atoms with Gasteiger partial charge in [-0.25, -0.2) is 0 Å². The summed E-state index contributed by atoms with van der Waals surface area (Å²) in [6, 6.07) is 75.1. The number of para-hydroxylation sites is 3. The Kier molecular flexibility index (Phi) is 7.94. The predicted octanol–water partition coefficient (Wildman–Crippen LogP) is 15.0. The molecule has 4 aliphatic rings. The van der Waals surface area contributed by atoms with Gasteiger partial charge >= 0.3 is 6.85 Å². The number of furan rings is 1. The van der Waals surface area contributed by atoms with E-state index in [4.69, 9.17) is 4.42 Å². The molecule has 0 saturated heterocycles. The maximum Gasteiger partial charge on any atom is 0.333 e. The standard InChI is InChI=1S/C63H49BN2O/c1-61(2)35-36-62(3,4)52-39-55-46(38-51(52)61)47-37-48-45-25-14-17-30-56(45)67-60(48)59-57(47)64(66(55)44-33-31-41(32-34-44)40-19-8-5-9-20-40)53-28-18-27-50-58(53)65(59)54-29-16-15-26-49(54)63(50,42-21-10-6-11-22-42)43-23-12-7-13-24-43/h5-34,37-39H,35-36H2,1-4H3. The third-order valence-corrected chi connectivity index (χ3v) is 16.2. The van der Waals surface area contributed by atoms with E-state index >= 15 is 0 Å². The Hall–Kier alpha value is -7.56. The molecule has 0 bridgehead atoms. The third kappa shape index (κ3) is 5.19. The lowest BCUT2D eigenvalue weighted by atomic mass is 9.42. The third-order valence-electron chi connectivity index (χ3n) is 16.2. The zero-order chi connectivity index (χ0) is 44.8. The maximum atomic E-state index is 7.25. The van der Waals surface area contributed by atoms with E-state index in [0.29, 0.717) is 0 Å². The molecular weight excluding hydrogens is 812 g/mol. The molecule has 0 unspecified atom stereocenters. The molecule has 0 atom stereocenters. The van der Waals surface area contributed by atoms with Crippen molar-refractivity contribution in [2.24, 2.45) is 0 Å². The van der Waals surface area contributed by atoms with Gasteiger partial charge < -0.3 is 14.1 Å². The molecule has 0 fully saturated rings. The fraction of sp³-hybridized carbons (Fsp3) is 0.143. The van der Waals surface area contributed by atoms with Crippen LogP contribution >= 0.6 is 0 Å². The van der Waals surface area contributed by atoms with Crippen molar-refractivity contribution in [2.45, 2.75) is 56.8 Å². The Balaban J connectivity index is 1.16. The van der Waals surface area contributed by atoms with Crippen LogP contribution in [0, 0.1) is 0 Å². The number of hydrogen-bond donors (Lipinski definition) is 0. The summed E-state index contributed by atoms with van der Waals surface area (Å²) in [5.41, 5.74) is 22.7. The van der Waals surface area contributed by atoms with Crippen LogP contribution in [0.5, 0.6) is 0 Å². The predicted molar refractivity (Wildman–Crippen MR) is 280 cm³/mol. The molecule has 0 amide bonds. The van der Waals surface area contributed by atoms with Crippen molar-refractivity contribution >= 4 is 68.1 Å². The van der Waals surface area contributed by atoms with Gasteiger partial charge in [0.05, 0.1) is 16.8 Å². The Morgan fingerprint density at radius 3 is 1.78 bits per heavy atom. The minimum absolute atomic E-state index is 0.0167. The fourth-order valence-electron chi connectivity index (χ4n) is 12.9. The van der Waals surface area contributed by atoms with Crippen molar-refractivity contribution < 1.29 is 4.42 Å². The SMILES string of the molecule is CC1(C)CCC(C)(C)c2cc3c(cc21)-c1cc2c(oc4ccccc42)c2c1B(c1cccc4c1N2c1ccccc1C4(c1ccccc1)c1ccccc1)N3c1ccc(-c2ccccc2)cc1. The molecule has 9 aromatic carbocycles. The summed E-state index contributed by atoms with van der Waals surface area (Å²) in [6.07, 6.45) is 2.29. The van der Waals surface area contributed by atoms with Crippen LogP contribution in [-0.4, -0.2) is 6.85 Å². The van der Waals surface area contributed by atoms with Gasteiger partial charge in [0.15, 0.2) is 5.58 Å². The van der Waals surface area contributed by atoms with Crippen LogP contribution < -0.4 is 20.6 Å². The van der Waals surface area contributed by atoms with E-state index in [9.17, 15) is 0 Å². The van der Waals surface area contributed by atoms with Crippen molar-refractivity contribution in [3.63, 3.8) is 0 Å². The number of anilines is 5. The van der Waals surface area contributed by atoms with Gasteiger partial charge in [0.25, 0.3) is 0 Å². The van der Waals surface area contributed by atoms with E-state index in [1.54, 1.807) is 0 Å². The van der Waals surface area contributed by atoms with Crippen molar-refractivity contribution in [1.29, 1.82) is 0 Å². The Morgan fingerprint density at radius 2 is 1.06 bits per heavy atom. The van der Waals surface area contributed by atoms with E-state index in [0.717, 1.165) is 40.5 Å². The summed E-state index contributed by atoms with van der Waals surface area (Å²) in [5, 5.41) is 2.29. The number of benzene rings is 9. The van der Waals surface area contributed by atoms with Crippen molar-refractivity contribution in [3.8, 4) is 22.3 Å². The Bertz CT molecular complexity index is 3610. The molecule has 0 radical (unpaired) electrons. The zero-order valence-electron chi connectivity index (χ0n) is 38.3. The first-order valence-corrected chi connectivity index (χ1v) is 24.0. The molecule has 67 heavy (non-hydrogen) atoms. The molecule has 10 aromatic rings. The quantitative estimate of drug-likeness (QED) is 0.164. The minimum atomic E-state index is -0.619. The lowest BCUT2D eigenvalue weighted by Crippen LogP contribution is -2.63. The molecule has 4 heteroatoms. The van der Waals surface area contributed by atoms with Crippen LogP contribution in [0.1, 0.15) is 73.9 Å². The summed E-state index contributed by atoms with van der Waals surface area (Å²) in [4.78, 5) is 5.31. The number of rotatable bonds is 4. The average Bonchev–Trinajstić information content (AvgIpc) is 3.75. The highest BCUT2D eigenvalue weighted by atomic mass is 16.3. The van der Waals surface area contributed by atoms with E-state index in [2.05, 4.69) is 238 Å². The summed E-state index contributed by atoms with van der Waals surface area (Å²) in [7, 11) is 0. The maximum absolute atomic E-state index is 7.25. The molecule has 14 rings (SSSR count). The zero-order valence-corrected chi connectivity index (χ0v) is 38.3. The van der Waals surface area contributed by atoms with Gasteiger partial charge in [-0.2, -0.15) is 0 Å². The largest absolute Gasteiger partial charge is 0.454 e. The number of fused-ring (bicyclic) bond motifs is 11. The Morgan fingerprint density at radius 1 is 0.463 bits per heavy atom. The van der Waals surface area contributed by atoms with Crippen molar-refractivity contribution in [2.75, 3.05) is 9.71 Å². The highest BCUT2D eigenvalue weighted by Crippen LogP contribution is 2.61. The molecular formula is C63H49BN2O. The number of hydrogen-bond acceptors (Lipinski definition) is 3. The molecule has 1 aromatic heterocycles. The minimum Gasteiger partial charge on any atom is -0.454 e. The van der Waals surface area contributed by atoms with Crippen LogP contribution in [0.15, 0.2) is 205 Å². The van der Waals surface area contributed by atoms with Gasteiger partial charge in [-0.05, 0) is 127 Å². The van der Waals surface area contributed by atoms with E-state index in [1.165, 1.54) is 89.3 Å². The molecule has 3 nitrogen and oxygen atoms in total. The molecule has 4 heterocycles. The summed E-state index contributed by atoms with van der Waals surface area (Å²) in [6.45, 7) is 9.64. The summed E-state index contributed by atoms with van der Waals surface area (Å²) < 4.78 is 7.25. The van der Waals surface area contributed by atoms with Gasteiger partial charge in [0.2, 0.25) is 0 Å². The normalized spacial score (nSPS) is 16.5. The van der Waals surface area contributed by atoms with Crippen LogP contribution in [0.4, 0.5) is 28.4 Å². The van der Waals surface area contributed by atoms with Crippen LogP contribution in [0.3, 0.4) is 0 Å². The lowest BCUT2D eigenvalue weighted by Gasteiger charge is -2.52. The van der Waals surface area contributed by atoms with E-state index in [1.807, 2.05) is 0 Å². The van der Waals surface area contributed by atoms with Gasteiger partial charge in [-0.15, -0.1) is 0 Å². The molecule has 3 aliphatic heterocycles. The second kappa shape index (κ2) is 13.7. The first kappa shape index (κ1) is 38.7. The van der Waals surface area contributed by atoms with Gasteiger partial charge in [0.1, 0.15) is 5.58 Å². The second-order valence-electron chi connectivity index (χ2n) is 20.6. The molecule has 0 N–H and O–H groups in total. The monoisotopic (exact) mass is 860 g/mol. The molecule has 0 saturated carbocycles. The molecule has 1 aliphatic carbocycles. The van der Waals surface area contributed by atoms with Gasteiger partial charge in [-0.1, -0.05) is 185 Å². The fourth-order valence-corrected chi connectivity index (χ4v) is 12.9. The topological polar surface area (TPSA) is 19.6 Å². The van der Waals surface area contributed by atoms with Gasteiger partial charge in [0, 0.05) is 33.4 Å². The van der Waals surface area contributed by atoms with Crippen LogP contribution in [-0.2, 0) is 16.2 Å². The Labute approximate surface area is 393 Å². The van der Waals surface area contributed by atoms with Crippen LogP contribution in [0.25, 0.3) is 44.2 Å². The summed E-state index contributed by atoms with van der Waals surface area (Å²) >= 11 is 0. The molecule has 0 spiro atoms. The van der Waals surface area contributed by atoms with Crippen LogP contribution in [0.2, 0.25) is 0 Å². The highest BCUT2D eigenvalue weighted by molar-refractivity contribution is 6.94. The number of nitrogens with zero attached hydrogens (tertiary/aromatic N) is 2. The molecule has 320 valence electrons. The van der Waals surface area contributed by atoms with E-state index < -0.39 is 5.41 Å². The van der Waals surface area contributed by atoms with E-state index in [-0.39, 0.29) is 17.7 Å².